The highest BCUT2D eigenvalue weighted by Gasteiger charge is 2.40. The van der Waals surface area contributed by atoms with Crippen molar-refractivity contribution >= 4 is 0 Å². The Morgan fingerprint density at radius 2 is 1.78 bits per heavy atom. The second-order valence-corrected chi connectivity index (χ2v) is 3.99. The minimum Gasteiger partial charge on any atom is -0.337 e. The molecule has 0 radical (unpaired) electrons. The fourth-order valence-corrected chi connectivity index (χ4v) is 1.46. The van der Waals surface area contributed by atoms with Crippen LogP contribution in [-0.2, 0) is 11.7 Å². The molecule has 0 amide bonds. The predicted octanol–water partition coefficient (Wildman–Crippen LogP) is 2.31. The zero-order chi connectivity index (χ0) is 13.4. The van der Waals surface area contributed by atoms with Crippen molar-refractivity contribution in [3.8, 4) is 0 Å². The van der Waals surface area contributed by atoms with Gasteiger partial charge in [-0.3, -0.25) is 0 Å². The van der Waals surface area contributed by atoms with Crippen LogP contribution in [0.4, 0.5) is 13.2 Å². The molecule has 0 aliphatic rings. The van der Waals surface area contributed by atoms with Crippen molar-refractivity contribution in [2.24, 2.45) is 5.73 Å². The fourth-order valence-electron chi connectivity index (χ4n) is 1.46. The van der Waals surface area contributed by atoms with Crippen molar-refractivity contribution in [1.82, 2.24) is 10.1 Å². The van der Waals surface area contributed by atoms with Gasteiger partial charge in [-0.1, -0.05) is 35.5 Å². The second-order valence-electron chi connectivity index (χ2n) is 3.99. The number of hydrogen-bond donors (Lipinski definition) is 1. The van der Waals surface area contributed by atoms with Crippen LogP contribution in [0.2, 0.25) is 0 Å². The van der Waals surface area contributed by atoms with Crippen LogP contribution < -0.4 is 5.73 Å². The summed E-state index contributed by atoms with van der Waals surface area (Å²) in [6.45, 7) is 1.51. The Morgan fingerprint density at radius 1 is 1.17 bits per heavy atom. The molecule has 0 saturated carbocycles. The van der Waals surface area contributed by atoms with Crippen LogP contribution in [0.15, 0.2) is 34.9 Å². The predicted molar refractivity (Wildman–Crippen MR) is 56.4 cm³/mol. The highest BCUT2D eigenvalue weighted by Crippen LogP contribution is 2.30. The first-order valence-corrected chi connectivity index (χ1v) is 5.07. The monoisotopic (exact) mass is 257 g/mol. The Morgan fingerprint density at radius 3 is 2.28 bits per heavy atom. The van der Waals surface area contributed by atoms with E-state index in [9.17, 15) is 13.2 Å². The van der Waals surface area contributed by atoms with Crippen LogP contribution in [0.3, 0.4) is 0 Å². The number of alkyl halides is 3. The van der Waals surface area contributed by atoms with Crippen molar-refractivity contribution < 1.29 is 17.7 Å². The molecule has 7 heteroatoms. The molecule has 0 spiro atoms. The van der Waals surface area contributed by atoms with Gasteiger partial charge < -0.3 is 10.3 Å². The van der Waals surface area contributed by atoms with Gasteiger partial charge in [0.05, 0.1) is 0 Å². The SMILES string of the molecule is CC(N)(c1ccccc1)c1nc(C(F)(F)F)no1. The van der Waals surface area contributed by atoms with Crippen LogP contribution in [0.1, 0.15) is 24.2 Å². The summed E-state index contributed by atoms with van der Waals surface area (Å²) in [4.78, 5) is 3.30. The molecule has 0 aliphatic carbocycles. The van der Waals surface area contributed by atoms with Crippen molar-refractivity contribution in [2.45, 2.75) is 18.6 Å². The number of nitrogens with zero attached hydrogens (tertiary/aromatic N) is 2. The van der Waals surface area contributed by atoms with E-state index in [0.717, 1.165) is 0 Å². The summed E-state index contributed by atoms with van der Waals surface area (Å²) < 4.78 is 41.7. The lowest BCUT2D eigenvalue weighted by Gasteiger charge is -2.20. The van der Waals surface area contributed by atoms with E-state index >= 15 is 0 Å². The third kappa shape index (κ3) is 2.21. The molecule has 0 saturated heterocycles. The molecule has 1 atom stereocenters. The lowest BCUT2D eigenvalue weighted by atomic mass is 9.93. The summed E-state index contributed by atoms with van der Waals surface area (Å²) in [5, 5.41) is 2.89. The van der Waals surface area contributed by atoms with E-state index in [1.165, 1.54) is 6.92 Å². The topological polar surface area (TPSA) is 64.9 Å². The molecule has 4 nitrogen and oxygen atoms in total. The molecule has 1 heterocycles. The van der Waals surface area contributed by atoms with E-state index in [4.69, 9.17) is 5.73 Å². The minimum absolute atomic E-state index is 0.277. The molecule has 1 aromatic carbocycles. The van der Waals surface area contributed by atoms with E-state index in [2.05, 4.69) is 14.7 Å². The van der Waals surface area contributed by atoms with Crippen molar-refractivity contribution in [1.29, 1.82) is 0 Å². The summed E-state index contributed by atoms with van der Waals surface area (Å²) >= 11 is 0. The lowest BCUT2D eigenvalue weighted by Crippen LogP contribution is -2.34. The summed E-state index contributed by atoms with van der Waals surface area (Å²) in [5.74, 6) is -1.61. The third-order valence-electron chi connectivity index (χ3n) is 2.50. The Bertz CT molecular complexity index is 534. The van der Waals surface area contributed by atoms with Gasteiger partial charge in [0.1, 0.15) is 5.54 Å². The molecule has 1 aromatic heterocycles. The van der Waals surface area contributed by atoms with Crippen LogP contribution >= 0.6 is 0 Å². The highest BCUT2D eigenvalue weighted by atomic mass is 19.4. The van der Waals surface area contributed by atoms with Gasteiger partial charge in [0.15, 0.2) is 0 Å². The number of benzene rings is 1. The first kappa shape index (κ1) is 12.6. The average molecular weight is 257 g/mol. The Labute approximate surface area is 101 Å². The standard InChI is InChI=1S/C11H10F3N3O/c1-10(15,7-5-3-2-4-6-7)9-16-8(17-18-9)11(12,13)14/h2-6H,15H2,1H3. The minimum atomic E-state index is -4.64. The summed E-state index contributed by atoms with van der Waals surface area (Å²) in [7, 11) is 0. The van der Waals surface area contributed by atoms with E-state index in [0.29, 0.717) is 5.56 Å². The molecule has 0 aliphatic heterocycles. The largest absolute Gasteiger partial charge is 0.455 e. The van der Waals surface area contributed by atoms with Gasteiger partial charge in [-0.25, -0.2) is 0 Å². The van der Waals surface area contributed by atoms with Gasteiger partial charge in [-0.05, 0) is 12.5 Å². The van der Waals surface area contributed by atoms with Gasteiger partial charge >= 0.3 is 6.18 Å². The molecule has 2 aromatic rings. The number of hydrogen-bond acceptors (Lipinski definition) is 4. The first-order valence-electron chi connectivity index (χ1n) is 5.07. The summed E-state index contributed by atoms with van der Waals surface area (Å²) in [6, 6.07) is 8.58. The fraction of sp³-hybridized carbons (Fsp3) is 0.273. The zero-order valence-electron chi connectivity index (χ0n) is 9.40. The molecular formula is C11H10F3N3O. The number of nitrogens with two attached hydrogens (primary N) is 1. The summed E-state index contributed by atoms with van der Waals surface area (Å²) in [5.41, 5.74) is 5.27. The van der Waals surface area contributed by atoms with Crippen LogP contribution in [0.25, 0.3) is 0 Å². The van der Waals surface area contributed by atoms with Crippen molar-refractivity contribution in [2.75, 3.05) is 0 Å². The van der Waals surface area contributed by atoms with Crippen molar-refractivity contribution in [3.63, 3.8) is 0 Å². The van der Waals surface area contributed by atoms with Gasteiger partial charge in [0.2, 0.25) is 0 Å². The molecule has 2 rings (SSSR count). The van der Waals surface area contributed by atoms with Crippen molar-refractivity contribution in [3.05, 3.63) is 47.6 Å². The molecule has 0 fully saturated rings. The van der Waals surface area contributed by atoms with Gasteiger partial charge in [-0.2, -0.15) is 18.2 Å². The third-order valence-corrected chi connectivity index (χ3v) is 2.50. The van der Waals surface area contributed by atoms with Crippen LogP contribution in [0.5, 0.6) is 0 Å². The molecule has 1 unspecified atom stereocenters. The smallest absolute Gasteiger partial charge is 0.337 e. The van der Waals surface area contributed by atoms with E-state index in [-0.39, 0.29) is 5.89 Å². The molecule has 2 N–H and O–H groups in total. The maximum atomic E-state index is 12.4. The van der Waals surface area contributed by atoms with Gasteiger partial charge in [0, 0.05) is 0 Å². The zero-order valence-corrected chi connectivity index (χ0v) is 9.40. The van der Waals surface area contributed by atoms with Gasteiger partial charge in [-0.15, -0.1) is 0 Å². The molecule has 96 valence electrons. The average Bonchev–Trinajstić information content (AvgIpc) is 2.79. The highest BCUT2D eigenvalue weighted by molar-refractivity contribution is 5.28. The maximum Gasteiger partial charge on any atom is 0.455 e. The lowest BCUT2D eigenvalue weighted by molar-refractivity contribution is -0.146. The number of aromatic nitrogens is 2. The maximum absolute atomic E-state index is 12.4. The van der Waals surface area contributed by atoms with Crippen LogP contribution in [-0.4, -0.2) is 10.1 Å². The summed E-state index contributed by atoms with van der Waals surface area (Å²) in [6.07, 6.45) is -4.64. The molecule has 0 bridgehead atoms. The molecular weight excluding hydrogens is 247 g/mol. The van der Waals surface area contributed by atoms with E-state index in [1.54, 1.807) is 30.3 Å². The normalized spacial score (nSPS) is 15.4. The van der Waals surface area contributed by atoms with Gasteiger partial charge in [0.25, 0.3) is 11.7 Å². The van der Waals surface area contributed by atoms with E-state index < -0.39 is 17.5 Å². The first-order chi connectivity index (χ1) is 8.32. The van der Waals surface area contributed by atoms with Crippen LogP contribution in [0, 0.1) is 0 Å². The quantitative estimate of drug-likeness (QED) is 0.896. The van der Waals surface area contributed by atoms with E-state index in [1.807, 2.05) is 0 Å². The number of halogens is 3. The molecule has 18 heavy (non-hydrogen) atoms. The Kier molecular flexibility index (Phi) is 2.86. The Hall–Kier alpha value is -1.89. The number of rotatable bonds is 2. The second kappa shape index (κ2) is 4.09. The Balaban J connectivity index is 2.40.